The van der Waals surface area contributed by atoms with Gasteiger partial charge < -0.3 is 9.47 Å². The van der Waals surface area contributed by atoms with Crippen molar-refractivity contribution < 1.29 is 19.1 Å². The Kier molecular flexibility index (Phi) is 3.66. The highest BCUT2D eigenvalue weighted by Gasteiger charge is 2.50. The maximum absolute atomic E-state index is 12.2. The molecule has 1 atom stereocenters. The quantitative estimate of drug-likeness (QED) is 0.478. The number of rotatable bonds is 2. The van der Waals surface area contributed by atoms with Gasteiger partial charge in [-0.1, -0.05) is 30.0 Å². The van der Waals surface area contributed by atoms with Crippen LogP contribution in [0.15, 0.2) is 30.3 Å². The third-order valence-corrected chi connectivity index (χ3v) is 3.85. The Balaban J connectivity index is 1.85. The van der Waals surface area contributed by atoms with Crippen LogP contribution in [0, 0.1) is 29.6 Å². The van der Waals surface area contributed by atoms with Crippen molar-refractivity contribution >= 4 is 11.9 Å². The first kappa shape index (κ1) is 14.6. The Morgan fingerprint density at radius 3 is 2.23 bits per heavy atom. The zero-order valence-corrected chi connectivity index (χ0v) is 12.7. The third kappa shape index (κ3) is 3.14. The zero-order valence-electron chi connectivity index (χ0n) is 12.7. The molecule has 1 aliphatic carbocycles. The van der Waals surface area contributed by atoms with Crippen LogP contribution in [0.1, 0.15) is 32.3 Å². The molecule has 2 fully saturated rings. The van der Waals surface area contributed by atoms with Gasteiger partial charge in [0, 0.05) is 25.3 Å². The number of esters is 2. The van der Waals surface area contributed by atoms with Gasteiger partial charge in [0.05, 0.1) is 0 Å². The Labute approximate surface area is 129 Å². The fourth-order valence-corrected chi connectivity index (χ4v) is 2.64. The molecule has 0 amide bonds. The maximum Gasteiger partial charge on any atom is 0.324 e. The summed E-state index contributed by atoms with van der Waals surface area (Å²) in [5.74, 6) is 2.92. The van der Waals surface area contributed by atoms with Crippen molar-refractivity contribution in [2.24, 2.45) is 17.8 Å². The van der Waals surface area contributed by atoms with Crippen LogP contribution < -0.4 is 0 Å². The van der Waals surface area contributed by atoms with Crippen molar-refractivity contribution in [2.45, 2.75) is 32.5 Å². The van der Waals surface area contributed by atoms with Crippen molar-refractivity contribution in [1.82, 2.24) is 0 Å². The fraction of sp³-hybridized carbons (Fsp3) is 0.444. The lowest BCUT2D eigenvalue weighted by Crippen LogP contribution is -2.49. The minimum atomic E-state index is -1.19. The molecule has 0 radical (unpaired) electrons. The standard InChI is InChI=1S/C18H18O4/c1-18(2)21-16(19)15(17(20)22-18)14(13-9-10-13)11-8-12-6-4-3-5-7-12/h3-7,13-15H,9-10H2,1-2H3. The molecule has 1 saturated carbocycles. The summed E-state index contributed by atoms with van der Waals surface area (Å²) in [4.78, 5) is 24.4. The number of hydrogen-bond donors (Lipinski definition) is 0. The molecule has 4 nitrogen and oxygen atoms in total. The summed E-state index contributed by atoms with van der Waals surface area (Å²) < 4.78 is 10.4. The van der Waals surface area contributed by atoms with Crippen LogP contribution in [0.4, 0.5) is 0 Å². The summed E-state index contributed by atoms with van der Waals surface area (Å²) in [6, 6.07) is 9.53. The fourth-order valence-electron chi connectivity index (χ4n) is 2.64. The molecule has 2 aliphatic rings. The Morgan fingerprint density at radius 1 is 1.09 bits per heavy atom. The van der Waals surface area contributed by atoms with Crippen LogP contribution in [0.3, 0.4) is 0 Å². The van der Waals surface area contributed by atoms with Crippen LogP contribution >= 0.6 is 0 Å². The van der Waals surface area contributed by atoms with Crippen molar-refractivity contribution in [3.63, 3.8) is 0 Å². The summed E-state index contributed by atoms with van der Waals surface area (Å²) >= 11 is 0. The van der Waals surface area contributed by atoms with Gasteiger partial charge in [-0.15, -0.1) is 0 Å². The van der Waals surface area contributed by atoms with Crippen LogP contribution in [0.25, 0.3) is 0 Å². The largest absolute Gasteiger partial charge is 0.422 e. The molecule has 1 aromatic rings. The first-order valence-electron chi connectivity index (χ1n) is 7.48. The van der Waals surface area contributed by atoms with E-state index in [9.17, 15) is 9.59 Å². The predicted molar refractivity (Wildman–Crippen MR) is 79.3 cm³/mol. The summed E-state index contributed by atoms with van der Waals surface area (Å²) in [5, 5.41) is 0. The lowest BCUT2D eigenvalue weighted by Gasteiger charge is -2.34. The van der Waals surface area contributed by atoms with Crippen molar-refractivity contribution in [2.75, 3.05) is 0 Å². The van der Waals surface area contributed by atoms with E-state index in [0.717, 1.165) is 18.4 Å². The summed E-state index contributed by atoms with van der Waals surface area (Å²) in [7, 11) is 0. The molecule has 1 aliphatic heterocycles. The van der Waals surface area contributed by atoms with Gasteiger partial charge in [-0.2, -0.15) is 0 Å². The second kappa shape index (κ2) is 5.49. The molecule has 114 valence electrons. The van der Waals surface area contributed by atoms with Gasteiger partial charge in [-0.05, 0) is 30.9 Å². The monoisotopic (exact) mass is 298 g/mol. The topological polar surface area (TPSA) is 52.6 Å². The second-order valence-electron chi connectivity index (χ2n) is 6.22. The molecule has 0 bridgehead atoms. The van der Waals surface area contributed by atoms with Gasteiger partial charge >= 0.3 is 11.9 Å². The van der Waals surface area contributed by atoms with Crippen LogP contribution in [0.2, 0.25) is 0 Å². The number of cyclic esters (lactones) is 2. The highest BCUT2D eigenvalue weighted by molar-refractivity contribution is 5.97. The first-order chi connectivity index (χ1) is 10.5. The van der Waals surface area contributed by atoms with Crippen LogP contribution in [-0.4, -0.2) is 17.7 Å². The lowest BCUT2D eigenvalue weighted by atomic mass is 9.87. The van der Waals surface area contributed by atoms with Crippen LogP contribution in [-0.2, 0) is 19.1 Å². The van der Waals surface area contributed by atoms with Gasteiger partial charge in [0.15, 0.2) is 5.92 Å². The van der Waals surface area contributed by atoms with Gasteiger partial charge in [0.1, 0.15) is 0 Å². The van der Waals surface area contributed by atoms with E-state index in [4.69, 9.17) is 9.47 Å². The Hall–Kier alpha value is -2.28. The van der Waals surface area contributed by atoms with Gasteiger partial charge in [0.25, 0.3) is 5.79 Å². The second-order valence-corrected chi connectivity index (χ2v) is 6.22. The van der Waals surface area contributed by atoms with E-state index in [1.54, 1.807) is 13.8 Å². The molecule has 4 heteroatoms. The normalized spacial score (nSPS) is 22.1. The molecular formula is C18H18O4. The minimum absolute atomic E-state index is 0.266. The molecule has 22 heavy (non-hydrogen) atoms. The highest BCUT2D eigenvalue weighted by Crippen LogP contribution is 2.42. The average Bonchev–Trinajstić information content (AvgIpc) is 3.26. The Morgan fingerprint density at radius 2 is 1.68 bits per heavy atom. The molecule has 3 rings (SSSR count). The lowest BCUT2D eigenvalue weighted by molar-refractivity contribution is -0.242. The minimum Gasteiger partial charge on any atom is -0.422 e. The van der Waals surface area contributed by atoms with Crippen LogP contribution in [0.5, 0.6) is 0 Å². The summed E-state index contributed by atoms with van der Waals surface area (Å²) in [6.45, 7) is 3.11. The van der Waals surface area contributed by atoms with E-state index < -0.39 is 23.6 Å². The first-order valence-corrected chi connectivity index (χ1v) is 7.48. The smallest absolute Gasteiger partial charge is 0.324 e. The van der Waals surface area contributed by atoms with E-state index >= 15 is 0 Å². The number of carbonyl (C=O) groups excluding carboxylic acids is 2. The van der Waals surface area contributed by atoms with Crippen molar-refractivity contribution in [3.8, 4) is 11.8 Å². The highest BCUT2D eigenvalue weighted by atomic mass is 16.7. The van der Waals surface area contributed by atoms with Gasteiger partial charge in [-0.25, -0.2) is 0 Å². The van der Waals surface area contributed by atoms with E-state index in [1.807, 2.05) is 30.3 Å². The molecule has 0 aromatic heterocycles. The maximum atomic E-state index is 12.2. The number of hydrogen-bond acceptors (Lipinski definition) is 4. The van der Waals surface area contributed by atoms with Gasteiger partial charge in [0.2, 0.25) is 0 Å². The summed E-state index contributed by atoms with van der Waals surface area (Å²) in [5.41, 5.74) is 0.867. The molecule has 1 saturated heterocycles. The molecule has 1 heterocycles. The molecule has 0 N–H and O–H groups in total. The number of carbonyl (C=O) groups is 2. The average molecular weight is 298 g/mol. The number of benzene rings is 1. The molecule has 1 unspecified atom stereocenters. The summed E-state index contributed by atoms with van der Waals surface area (Å²) in [6.07, 6.45) is 1.96. The van der Waals surface area contributed by atoms with E-state index in [-0.39, 0.29) is 11.8 Å². The van der Waals surface area contributed by atoms with Gasteiger partial charge in [-0.3, -0.25) is 9.59 Å². The predicted octanol–water partition coefficient (Wildman–Crippen LogP) is 2.52. The van der Waals surface area contributed by atoms with Crippen molar-refractivity contribution in [3.05, 3.63) is 35.9 Å². The molecule has 1 aromatic carbocycles. The Bertz CT molecular complexity index is 627. The van der Waals surface area contributed by atoms with E-state index in [0.29, 0.717) is 0 Å². The number of ether oxygens (including phenoxy) is 2. The van der Waals surface area contributed by atoms with Crippen molar-refractivity contribution in [1.29, 1.82) is 0 Å². The van der Waals surface area contributed by atoms with E-state index in [2.05, 4.69) is 11.8 Å². The molecular weight excluding hydrogens is 280 g/mol. The third-order valence-electron chi connectivity index (χ3n) is 3.85. The van der Waals surface area contributed by atoms with E-state index in [1.165, 1.54) is 0 Å². The zero-order chi connectivity index (χ0) is 15.7. The SMILES string of the molecule is CC1(C)OC(=O)C(C(C#Cc2ccccc2)C2CC2)C(=O)O1. The molecule has 0 spiro atoms.